The number of ketones is 1. The van der Waals surface area contributed by atoms with Crippen LogP contribution in [0, 0.1) is 0 Å². The smallest absolute Gasteiger partial charge is 0.321 e. The Morgan fingerprint density at radius 3 is 2.44 bits per heavy atom. The Kier molecular flexibility index (Phi) is 7.78. The number of carboxylic acids is 1. The van der Waals surface area contributed by atoms with Crippen molar-refractivity contribution in [1.82, 2.24) is 10.0 Å². The second-order valence-corrected chi connectivity index (χ2v) is 4.22. The van der Waals surface area contributed by atoms with E-state index in [2.05, 4.69) is 10.0 Å². The van der Waals surface area contributed by atoms with Gasteiger partial charge in [-0.2, -0.15) is 0 Å². The second-order valence-electron chi connectivity index (χ2n) is 3.21. The molecule has 0 aliphatic carbocycles. The molecule has 16 heavy (non-hydrogen) atoms. The minimum atomic E-state index is -1.06. The van der Waals surface area contributed by atoms with Crippen molar-refractivity contribution >= 4 is 28.8 Å². The third-order valence-electron chi connectivity index (χ3n) is 1.73. The highest BCUT2D eigenvalue weighted by Crippen LogP contribution is 2.04. The number of carboxylic acid groups (broad SMARTS) is 1. The van der Waals surface area contributed by atoms with Crippen molar-refractivity contribution in [1.29, 1.82) is 0 Å². The zero-order chi connectivity index (χ0) is 12.6. The molecule has 6 nitrogen and oxygen atoms in total. The van der Waals surface area contributed by atoms with E-state index in [0.717, 1.165) is 11.9 Å². The van der Waals surface area contributed by atoms with E-state index in [9.17, 15) is 14.4 Å². The molecule has 0 aliphatic heterocycles. The largest absolute Gasteiger partial charge is 0.480 e. The summed E-state index contributed by atoms with van der Waals surface area (Å²) >= 11 is 0.736. The molecule has 0 spiro atoms. The summed E-state index contributed by atoms with van der Waals surface area (Å²) in [4.78, 5) is 32.6. The van der Waals surface area contributed by atoms with Gasteiger partial charge in [-0.1, -0.05) is 0 Å². The topological polar surface area (TPSA) is 95.5 Å². The van der Waals surface area contributed by atoms with Crippen LogP contribution in [0.2, 0.25) is 0 Å². The van der Waals surface area contributed by atoms with Crippen LogP contribution in [0.15, 0.2) is 0 Å². The number of carbonyl (C=O) groups is 3. The van der Waals surface area contributed by atoms with Crippen molar-refractivity contribution in [2.24, 2.45) is 0 Å². The highest BCUT2D eigenvalue weighted by molar-refractivity contribution is 8.11. The zero-order valence-electron chi connectivity index (χ0n) is 9.28. The van der Waals surface area contributed by atoms with Crippen LogP contribution in [0.25, 0.3) is 0 Å². The fourth-order valence-corrected chi connectivity index (χ4v) is 1.50. The Labute approximate surface area is 98.3 Å². The van der Waals surface area contributed by atoms with Gasteiger partial charge in [0.2, 0.25) is 5.12 Å². The number of Topliss-reactive ketones (excluding diaryl/α,β-unsaturated/α-hetero) is 1. The predicted octanol–water partition coefficient (Wildman–Crippen LogP) is -0.207. The number of likely N-dealkylation sites (N-methyl/N-ethyl adjacent to an activating group) is 1. The Morgan fingerprint density at radius 1 is 1.38 bits per heavy atom. The molecule has 1 atom stereocenters. The molecule has 0 aromatic heterocycles. The van der Waals surface area contributed by atoms with E-state index < -0.39 is 12.0 Å². The minimum absolute atomic E-state index is 0.0524. The number of rotatable bonds is 8. The lowest BCUT2D eigenvalue weighted by Crippen LogP contribution is -2.34. The average Bonchev–Trinajstić information content (AvgIpc) is 2.17. The van der Waals surface area contributed by atoms with Crippen LogP contribution in [0.3, 0.4) is 0 Å². The molecule has 0 fully saturated rings. The van der Waals surface area contributed by atoms with E-state index in [1.807, 2.05) is 0 Å². The SMILES string of the molecule is CNCC(=O)CC[C@@H](NSC(C)=O)C(=O)O. The Hall–Kier alpha value is -0.920. The highest BCUT2D eigenvalue weighted by atomic mass is 32.2. The number of hydrogen-bond acceptors (Lipinski definition) is 6. The second kappa shape index (κ2) is 8.26. The first-order chi connectivity index (χ1) is 7.47. The molecule has 92 valence electrons. The molecule has 7 heteroatoms. The maximum absolute atomic E-state index is 11.2. The summed E-state index contributed by atoms with van der Waals surface area (Å²) in [6.45, 7) is 1.56. The first kappa shape index (κ1) is 15.1. The number of nitrogens with one attached hydrogen (secondary N) is 2. The van der Waals surface area contributed by atoms with Gasteiger partial charge in [-0.15, -0.1) is 0 Å². The van der Waals surface area contributed by atoms with E-state index in [-0.39, 0.29) is 30.3 Å². The molecule has 0 aliphatic rings. The fourth-order valence-electron chi connectivity index (χ4n) is 0.978. The van der Waals surface area contributed by atoms with Gasteiger partial charge < -0.3 is 10.4 Å². The minimum Gasteiger partial charge on any atom is -0.480 e. The van der Waals surface area contributed by atoms with Crippen LogP contribution in [0.4, 0.5) is 0 Å². The first-order valence-corrected chi connectivity index (χ1v) is 5.61. The van der Waals surface area contributed by atoms with Crippen LogP contribution < -0.4 is 10.0 Å². The van der Waals surface area contributed by atoms with E-state index in [1.54, 1.807) is 7.05 Å². The van der Waals surface area contributed by atoms with E-state index in [0.29, 0.717) is 0 Å². The summed E-state index contributed by atoms with van der Waals surface area (Å²) in [7, 11) is 1.65. The maximum atomic E-state index is 11.2. The number of carbonyl (C=O) groups excluding carboxylic acids is 2. The van der Waals surface area contributed by atoms with Crippen LogP contribution in [-0.2, 0) is 14.4 Å². The lowest BCUT2D eigenvalue weighted by Gasteiger charge is -2.11. The fraction of sp³-hybridized carbons (Fsp3) is 0.667. The van der Waals surface area contributed by atoms with Crippen LogP contribution in [-0.4, -0.2) is 41.6 Å². The lowest BCUT2D eigenvalue weighted by atomic mass is 10.1. The number of aliphatic carboxylic acids is 1. The summed E-state index contributed by atoms with van der Waals surface area (Å²) in [5.41, 5.74) is 0. The van der Waals surface area contributed by atoms with Gasteiger partial charge in [0.05, 0.1) is 6.54 Å². The molecule has 0 saturated carbocycles. The van der Waals surface area contributed by atoms with Gasteiger partial charge >= 0.3 is 5.97 Å². The highest BCUT2D eigenvalue weighted by Gasteiger charge is 2.18. The quantitative estimate of drug-likeness (QED) is 0.512. The zero-order valence-corrected chi connectivity index (χ0v) is 10.1. The van der Waals surface area contributed by atoms with Gasteiger partial charge in [0.1, 0.15) is 11.8 Å². The van der Waals surface area contributed by atoms with Crippen molar-refractivity contribution in [2.45, 2.75) is 25.8 Å². The van der Waals surface area contributed by atoms with E-state index in [1.165, 1.54) is 6.92 Å². The Morgan fingerprint density at radius 2 is 2.00 bits per heavy atom. The summed E-state index contributed by atoms with van der Waals surface area (Å²) < 4.78 is 2.51. The summed E-state index contributed by atoms with van der Waals surface area (Å²) in [6.07, 6.45) is 0.347. The molecular weight excluding hydrogens is 232 g/mol. The van der Waals surface area contributed by atoms with Crippen molar-refractivity contribution < 1.29 is 19.5 Å². The predicted molar refractivity (Wildman–Crippen MR) is 61.0 cm³/mol. The molecule has 0 radical (unpaired) electrons. The molecule has 0 aromatic rings. The van der Waals surface area contributed by atoms with Crippen LogP contribution in [0.1, 0.15) is 19.8 Å². The summed E-state index contributed by atoms with van der Waals surface area (Å²) in [5.74, 6) is -1.12. The van der Waals surface area contributed by atoms with Gasteiger partial charge in [0.15, 0.2) is 0 Å². The van der Waals surface area contributed by atoms with Gasteiger partial charge in [-0.3, -0.25) is 14.4 Å². The van der Waals surface area contributed by atoms with E-state index >= 15 is 0 Å². The molecule has 0 saturated heterocycles. The third kappa shape index (κ3) is 7.38. The Balaban J connectivity index is 3.99. The number of hydrogen-bond donors (Lipinski definition) is 3. The molecule has 0 aromatic carbocycles. The monoisotopic (exact) mass is 248 g/mol. The first-order valence-electron chi connectivity index (χ1n) is 4.79. The average molecular weight is 248 g/mol. The molecule has 0 unspecified atom stereocenters. The molecular formula is C9H16N2O4S. The summed E-state index contributed by atoms with van der Waals surface area (Å²) in [5, 5.41) is 11.3. The van der Waals surface area contributed by atoms with Crippen molar-refractivity contribution in [3.8, 4) is 0 Å². The van der Waals surface area contributed by atoms with Gasteiger partial charge in [-0.25, -0.2) is 4.72 Å². The van der Waals surface area contributed by atoms with Crippen LogP contribution >= 0.6 is 11.9 Å². The molecule has 0 bridgehead atoms. The third-order valence-corrected chi connectivity index (χ3v) is 2.42. The molecule has 3 N–H and O–H groups in total. The molecule has 0 heterocycles. The molecule has 0 amide bonds. The van der Waals surface area contributed by atoms with E-state index in [4.69, 9.17) is 5.11 Å². The maximum Gasteiger partial charge on any atom is 0.321 e. The lowest BCUT2D eigenvalue weighted by molar-refractivity contribution is -0.139. The van der Waals surface area contributed by atoms with Gasteiger partial charge in [-0.05, 0) is 25.4 Å². The normalized spacial score (nSPS) is 12.1. The van der Waals surface area contributed by atoms with Crippen molar-refractivity contribution in [2.75, 3.05) is 13.6 Å². The van der Waals surface area contributed by atoms with Gasteiger partial charge in [0.25, 0.3) is 0 Å². The van der Waals surface area contributed by atoms with Crippen molar-refractivity contribution in [3.63, 3.8) is 0 Å². The van der Waals surface area contributed by atoms with Gasteiger partial charge in [0, 0.05) is 13.3 Å². The standard InChI is InChI=1S/C9H16N2O4S/c1-6(12)16-11-8(9(14)15)4-3-7(13)5-10-2/h8,10-11H,3-5H2,1-2H3,(H,14,15)/t8-/m1/s1. The van der Waals surface area contributed by atoms with Crippen molar-refractivity contribution in [3.05, 3.63) is 0 Å². The molecule has 0 rings (SSSR count). The van der Waals surface area contributed by atoms with Crippen LogP contribution in [0.5, 0.6) is 0 Å². The Bertz CT molecular complexity index is 270. The summed E-state index contributed by atoms with van der Waals surface area (Å²) in [6, 6.07) is -0.880.